The summed E-state index contributed by atoms with van der Waals surface area (Å²) in [5.41, 5.74) is 8.03. The van der Waals surface area contributed by atoms with E-state index in [-0.39, 0.29) is 11.9 Å². The highest BCUT2D eigenvalue weighted by molar-refractivity contribution is 6.07. The van der Waals surface area contributed by atoms with Gasteiger partial charge in [-0.15, -0.1) is 0 Å². The molecule has 102 valence electrons. The molecule has 1 aromatic heterocycles. The fourth-order valence-corrected chi connectivity index (χ4v) is 2.21. The molecule has 1 aromatic carbocycles. The van der Waals surface area contributed by atoms with E-state index in [1.165, 1.54) is 0 Å². The Kier molecular flexibility index (Phi) is 4.10. The zero-order valence-corrected chi connectivity index (χ0v) is 11.5. The molecule has 0 fully saturated rings. The molecule has 0 spiro atoms. The fraction of sp³-hybridized carbons (Fsp3) is 0.400. The van der Waals surface area contributed by atoms with Gasteiger partial charge in [0.15, 0.2) is 0 Å². The van der Waals surface area contributed by atoms with Crippen molar-refractivity contribution >= 4 is 22.5 Å². The van der Waals surface area contributed by atoms with Gasteiger partial charge in [0, 0.05) is 28.8 Å². The minimum absolute atomic E-state index is 0.0412. The van der Waals surface area contributed by atoms with Crippen LogP contribution in [0.5, 0.6) is 0 Å². The maximum atomic E-state index is 12.2. The van der Waals surface area contributed by atoms with E-state index >= 15 is 0 Å². The number of nitrogens with two attached hydrogens (primary N) is 1. The fourth-order valence-electron chi connectivity index (χ4n) is 2.21. The van der Waals surface area contributed by atoms with E-state index in [0.717, 1.165) is 30.2 Å². The number of carbonyl (C=O) groups excluding carboxylic acids is 1. The third kappa shape index (κ3) is 3.08. The van der Waals surface area contributed by atoms with Gasteiger partial charge in [0.1, 0.15) is 0 Å². The number of rotatable bonds is 5. The number of benzene rings is 1. The molecular formula is C15H21N3O. The van der Waals surface area contributed by atoms with Gasteiger partial charge in [0.2, 0.25) is 0 Å². The van der Waals surface area contributed by atoms with Gasteiger partial charge in [-0.25, -0.2) is 0 Å². The molecule has 1 atom stereocenters. The van der Waals surface area contributed by atoms with Gasteiger partial charge in [-0.3, -0.25) is 4.79 Å². The second kappa shape index (κ2) is 5.78. The van der Waals surface area contributed by atoms with E-state index in [9.17, 15) is 4.79 Å². The number of H-pyrrole nitrogens is 1. The molecule has 2 rings (SSSR count). The molecule has 0 bridgehead atoms. The van der Waals surface area contributed by atoms with Crippen LogP contribution in [-0.2, 0) is 0 Å². The van der Waals surface area contributed by atoms with Gasteiger partial charge in [-0.1, -0.05) is 19.8 Å². The van der Waals surface area contributed by atoms with Crippen molar-refractivity contribution in [2.45, 2.75) is 39.2 Å². The maximum Gasteiger partial charge on any atom is 0.253 e. The van der Waals surface area contributed by atoms with E-state index < -0.39 is 0 Å². The molecule has 2 aromatic rings. The summed E-state index contributed by atoms with van der Waals surface area (Å²) in [5, 5.41) is 3.90. The van der Waals surface area contributed by atoms with Gasteiger partial charge in [0.05, 0.1) is 5.56 Å². The first-order valence-corrected chi connectivity index (χ1v) is 6.79. The lowest BCUT2D eigenvalue weighted by molar-refractivity contribution is 0.0939. The molecular weight excluding hydrogens is 238 g/mol. The molecule has 0 saturated carbocycles. The van der Waals surface area contributed by atoms with Crippen molar-refractivity contribution in [1.29, 1.82) is 0 Å². The Labute approximate surface area is 113 Å². The van der Waals surface area contributed by atoms with Crippen molar-refractivity contribution < 1.29 is 4.79 Å². The topological polar surface area (TPSA) is 70.9 Å². The number of unbranched alkanes of at least 4 members (excludes halogenated alkanes) is 1. The highest BCUT2D eigenvalue weighted by Crippen LogP contribution is 2.21. The van der Waals surface area contributed by atoms with Crippen LogP contribution in [0.3, 0.4) is 0 Å². The standard InChI is InChI=1S/C15H21N3O/c1-3-4-5-10(2)18-15(19)13-9-17-14-7-6-11(16)8-12(13)14/h6-10,17H,3-5,16H2,1-2H3,(H,18,19). The monoisotopic (exact) mass is 259 g/mol. The first kappa shape index (κ1) is 13.5. The van der Waals surface area contributed by atoms with Crippen molar-refractivity contribution in [1.82, 2.24) is 10.3 Å². The molecule has 0 aliphatic carbocycles. The second-order valence-electron chi connectivity index (χ2n) is 5.02. The quantitative estimate of drug-likeness (QED) is 0.722. The zero-order chi connectivity index (χ0) is 13.8. The van der Waals surface area contributed by atoms with E-state index in [1.54, 1.807) is 6.20 Å². The number of aromatic amines is 1. The van der Waals surface area contributed by atoms with Crippen LogP contribution in [0.15, 0.2) is 24.4 Å². The molecule has 1 amide bonds. The van der Waals surface area contributed by atoms with Crippen molar-refractivity contribution in [3.05, 3.63) is 30.0 Å². The van der Waals surface area contributed by atoms with Crippen molar-refractivity contribution in [3.63, 3.8) is 0 Å². The molecule has 1 unspecified atom stereocenters. The Morgan fingerprint density at radius 1 is 1.47 bits per heavy atom. The van der Waals surface area contributed by atoms with Crippen LogP contribution < -0.4 is 11.1 Å². The predicted molar refractivity (Wildman–Crippen MR) is 79.2 cm³/mol. The van der Waals surface area contributed by atoms with Crippen molar-refractivity contribution in [2.24, 2.45) is 0 Å². The second-order valence-corrected chi connectivity index (χ2v) is 5.02. The molecule has 4 N–H and O–H groups in total. The number of anilines is 1. The average molecular weight is 259 g/mol. The SMILES string of the molecule is CCCCC(C)NC(=O)c1c[nH]c2ccc(N)cc12. The Morgan fingerprint density at radius 3 is 3.00 bits per heavy atom. The largest absolute Gasteiger partial charge is 0.399 e. The number of fused-ring (bicyclic) bond motifs is 1. The highest BCUT2D eigenvalue weighted by Gasteiger charge is 2.14. The lowest BCUT2D eigenvalue weighted by atomic mass is 10.1. The van der Waals surface area contributed by atoms with Crippen molar-refractivity contribution in [3.8, 4) is 0 Å². The number of hydrogen-bond donors (Lipinski definition) is 3. The Hall–Kier alpha value is -1.97. The first-order chi connectivity index (χ1) is 9.11. The Bertz CT molecular complexity index is 574. The predicted octanol–water partition coefficient (Wildman–Crippen LogP) is 3.06. The molecule has 1 heterocycles. The minimum Gasteiger partial charge on any atom is -0.399 e. The summed E-state index contributed by atoms with van der Waals surface area (Å²) in [6.45, 7) is 4.19. The molecule has 0 aliphatic rings. The molecule has 0 saturated heterocycles. The smallest absolute Gasteiger partial charge is 0.253 e. The zero-order valence-electron chi connectivity index (χ0n) is 11.5. The van der Waals surface area contributed by atoms with Crippen LogP contribution in [0, 0.1) is 0 Å². The summed E-state index contributed by atoms with van der Waals surface area (Å²) in [7, 11) is 0. The van der Waals surface area contributed by atoms with Crippen LogP contribution in [0.1, 0.15) is 43.5 Å². The van der Waals surface area contributed by atoms with Crippen LogP contribution in [0.25, 0.3) is 10.9 Å². The van der Waals surface area contributed by atoms with Crippen molar-refractivity contribution in [2.75, 3.05) is 5.73 Å². The van der Waals surface area contributed by atoms with E-state index in [1.807, 2.05) is 25.1 Å². The highest BCUT2D eigenvalue weighted by atomic mass is 16.1. The Morgan fingerprint density at radius 2 is 2.26 bits per heavy atom. The number of nitrogens with one attached hydrogen (secondary N) is 2. The molecule has 0 radical (unpaired) electrons. The summed E-state index contributed by atoms with van der Waals surface area (Å²) >= 11 is 0. The summed E-state index contributed by atoms with van der Waals surface area (Å²) in [4.78, 5) is 15.3. The van der Waals surface area contributed by atoms with Crippen LogP contribution >= 0.6 is 0 Å². The van der Waals surface area contributed by atoms with E-state index in [2.05, 4.69) is 17.2 Å². The van der Waals surface area contributed by atoms with Gasteiger partial charge >= 0.3 is 0 Å². The number of amides is 1. The lowest BCUT2D eigenvalue weighted by Gasteiger charge is -2.12. The lowest BCUT2D eigenvalue weighted by Crippen LogP contribution is -2.32. The van der Waals surface area contributed by atoms with E-state index in [4.69, 9.17) is 5.73 Å². The molecule has 19 heavy (non-hydrogen) atoms. The summed E-state index contributed by atoms with van der Waals surface area (Å²) < 4.78 is 0. The van der Waals surface area contributed by atoms with Gasteiger partial charge in [-0.2, -0.15) is 0 Å². The van der Waals surface area contributed by atoms with Crippen LogP contribution in [0.2, 0.25) is 0 Å². The first-order valence-electron chi connectivity index (χ1n) is 6.79. The Balaban J connectivity index is 2.15. The summed E-state index contributed by atoms with van der Waals surface area (Å²) in [6.07, 6.45) is 5.02. The normalized spacial score (nSPS) is 12.5. The molecule has 0 aliphatic heterocycles. The van der Waals surface area contributed by atoms with Gasteiger partial charge in [0.25, 0.3) is 5.91 Å². The van der Waals surface area contributed by atoms with Gasteiger partial charge in [-0.05, 0) is 31.5 Å². The third-order valence-electron chi connectivity index (χ3n) is 3.32. The average Bonchev–Trinajstić information content (AvgIpc) is 2.79. The number of carbonyl (C=O) groups is 1. The number of aromatic nitrogens is 1. The molecule has 4 heteroatoms. The summed E-state index contributed by atoms with van der Waals surface area (Å²) in [6, 6.07) is 5.74. The van der Waals surface area contributed by atoms with E-state index in [0.29, 0.717) is 11.3 Å². The third-order valence-corrected chi connectivity index (χ3v) is 3.32. The maximum absolute atomic E-state index is 12.2. The number of hydrogen-bond acceptors (Lipinski definition) is 2. The minimum atomic E-state index is -0.0412. The number of nitrogen functional groups attached to an aromatic ring is 1. The van der Waals surface area contributed by atoms with Crippen LogP contribution in [0.4, 0.5) is 5.69 Å². The summed E-state index contributed by atoms with van der Waals surface area (Å²) in [5.74, 6) is -0.0412. The van der Waals surface area contributed by atoms with Crippen LogP contribution in [-0.4, -0.2) is 16.9 Å². The molecule has 4 nitrogen and oxygen atoms in total. The van der Waals surface area contributed by atoms with Gasteiger partial charge < -0.3 is 16.0 Å².